The van der Waals surface area contributed by atoms with Crippen LogP contribution in [0.4, 0.5) is 0 Å². The SMILES string of the molecule is CCNC(=NCc1c(CC)nn(C)c1CC)NCCc1c[nH]c2cc(C)ccc12. The number of aromatic nitrogens is 3. The van der Waals surface area contributed by atoms with Gasteiger partial charge >= 0.3 is 0 Å². The van der Waals surface area contributed by atoms with Crippen molar-refractivity contribution in [2.75, 3.05) is 13.1 Å². The first kappa shape index (κ1) is 21.0. The average Bonchev–Trinajstić information content (AvgIpc) is 3.25. The van der Waals surface area contributed by atoms with Gasteiger partial charge in [-0.3, -0.25) is 4.68 Å². The van der Waals surface area contributed by atoms with Crippen LogP contribution in [-0.4, -0.2) is 33.8 Å². The summed E-state index contributed by atoms with van der Waals surface area (Å²) in [5, 5.41) is 12.8. The summed E-state index contributed by atoms with van der Waals surface area (Å²) in [5.74, 6) is 0.858. The summed E-state index contributed by atoms with van der Waals surface area (Å²) in [4.78, 5) is 8.22. The summed E-state index contributed by atoms with van der Waals surface area (Å²) in [6.45, 7) is 10.9. The van der Waals surface area contributed by atoms with Crippen LogP contribution in [0.15, 0.2) is 29.4 Å². The number of fused-ring (bicyclic) bond motifs is 1. The van der Waals surface area contributed by atoms with E-state index in [2.05, 4.69) is 72.8 Å². The van der Waals surface area contributed by atoms with E-state index in [1.54, 1.807) is 0 Å². The smallest absolute Gasteiger partial charge is 0.191 e. The maximum atomic E-state index is 4.84. The highest BCUT2D eigenvalue weighted by molar-refractivity contribution is 5.84. The summed E-state index contributed by atoms with van der Waals surface area (Å²) in [6, 6.07) is 6.57. The first-order chi connectivity index (χ1) is 14.1. The zero-order chi connectivity index (χ0) is 20.8. The molecule has 3 rings (SSSR count). The Hall–Kier alpha value is -2.76. The number of H-pyrrole nitrogens is 1. The fraction of sp³-hybridized carbons (Fsp3) is 0.478. The molecule has 0 bridgehead atoms. The zero-order valence-corrected chi connectivity index (χ0v) is 18.4. The van der Waals surface area contributed by atoms with E-state index in [0.717, 1.165) is 44.0 Å². The molecule has 0 unspecified atom stereocenters. The molecule has 0 amide bonds. The molecular formula is C23H34N6. The van der Waals surface area contributed by atoms with E-state index >= 15 is 0 Å². The van der Waals surface area contributed by atoms with Gasteiger partial charge in [0.25, 0.3) is 0 Å². The second kappa shape index (κ2) is 9.63. The van der Waals surface area contributed by atoms with Crippen molar-refractivity contribution < 1.29 is 0 Å². The lowest BCUT2D eigenvalue weighted by molar-refractivity contribution is 0.703. The molecule has 0 spiro atoms. The topological polar surface area (TPSA) is 70.0 Å². The first-order valence-corrected chi connectivity index (χ1v) is 10.7. The predicted molar refractivity (Wildman–Crippen MR) is 122 cm³/mol. The molecule has 3 aromatic rings. The van der Waals surface area contributed by atoms with Gasteiger partial charge in [0.2, 0.25) is 0 Å². The number of hydrogen-bond acceptors (Lipinski definition) is 2. The van der Waals surface area contributed by atoms with Crippen LogP contribution >= 0.6 is 0 Å². The van der Waals surface area contributed by atoms with E-state index in [0.29, 0.717) is 6.54 Å². The quantitative estimate of drug-likeness (QED) is 0.404. The number of aliphatic imine (C=N–C) groups is 1. The van der Waals surface area contributed by atoms with Gasteiger partial charge < -0.3 is 15.6 Å². The zero-order valence-electron chi connectivity index (χ0n) is 18.4. The standard InChI is InChI=1S/C23H34N6/c1-6-20-19(22(7-2)29(5)28-20)15-27-23(24-8-3)25-12-11-17-14-26-21-13-16(4)9-10-18(17)21/h9-10,13-14,26H,6-8,11-12,15H2,1-5H3,(H2,24,25,27). The number of guanidine groups is 1. The first-order valence-electron chi connectivity index (χ1n) is 10.7. The van der Waals surface area contributed by atoms with Gasteiger partial charge in [-0.05, 0) is 50.3 Å². The lowest BCUT2D eigenvalue weighted by Gasteiger charge is -2.11. The number of aromatic amines is 1. The molecule has 0 aliphatic heterocycles. The van der Waals surface area contributed by atoms with Crippen molar-refractivity contribution in [3.63, 3.8) is 0 Å². The Morgan fingerprint density at radius 2 is 2.00 bits per heavy atom. The van der Waals surface area contributed by atoms with Gasteiger partial charge in [-0.15, -0.1) is 0 Å². The van der Waals surface area contributed by atoms with Crippen LogP contribution in [0.1, 0.15) is 48.8 Å². The average molecular weight is 395 g/mol. The molecule has 0 saturated carbocycles. The summed E-state index contributed by atoms with van der Waals surface area (Å²) < 4.78 is 2.00. The van der Waals surface area contributed by atoms with Crippen LogP contribution in [0.25, 0.3) is 10.9 Å². The number of nitrogens with one attached hydrogen (secondary N) is 3. The van der Waals surface area contributed by atoms with E-state index in [9.17, 15) is 0 Å². The van der Waals surface area contributed by atoms with Gasteiger partial charge in [0.15, 0.2) is 5.96 Å². The number of benzene rings is 1. The van der Waals surface area contributed by atoms with Crippen LogP contribution in [0.5, 0.6) is 0 Å². The van der Waals surface area contributed by atoms with Crippen molar-refractivity contribution in [3.8, 4) is 0 Å². The van der Waals surface area contributed by atoms with Gasteiger partial charge in [0.05, 0.1) is 12.2 Å². The van der Waals surface area contributed by atoms with Gasteiger partial charge in [-0.1, -0.05) is 26.0 Å². The van der Waals surface area contributed by atoms with Crippen molar-refractivity contribution in [1.82, 2.24) is 25.4 Å². The van der Waals surface area contributed by atoms with Crippen molar-refractivity contribution in [2.45, 2.75) is 53.5 Å². The Labute approximate surface area is 173 Å². The second-order valence-electron chi connectivity index (χ2n) is 7.44. The van der Waals surface area contributed by atoms with Gasteiger partial charge in [0.1, 0.15) is 0 Å². The van der Waals surface area contributed by atoms with E-state index in [1.165, 1.54) is 33.3 Å². The summed E-state index contributed by atoms with van der Waals surface area (Å²) in [7, 11) is 2.03. The minimum absolute atomic E-state index is 0.655. The highest BCUT2D eigenvalue weighted by Crippen LogP contribution is 2.20. The molecule has 0 fully saturated rings. The van der Waals surface area contributed by atoms with Crippen LogP contribution in [-0.2, 0) is 32.9 Å². The molecule has 0 radical (unpaired) electrons. The van der Waals surface area contributed by atoms with Crippen LogP contribution < -0.4 is 10.6 Å². The Morgan fingerprint density at radius 1 is 1.17 bits per heavy atom. The Balaban J connectivity index is 1.67. The molecule has 2 aromatic heterocycles. The Bertz CT molecular complexity index is 979. The summed E-state index contributed by atoms with van der Waals surface area (Å²) in [5.41, 5.74) is 7.50. The summed E-state index contributed by atoms with van der Waals surface area (Å²) in [6.07, 6.45) is 4.97. The third kappa shape index (κ3) is 4.81. The monoisotopic (exact) mass is 394 g/mol. The molecule has 2 heterocycles. The van der Waals surface area contributed by atoms with Gasteiger partial charge in [0, 0.05) is 48.5 Å². The van der Waals surface area contributed by atoms with Crippen molar-refractivity contribution in [3.05, 3.63) is 52.5 Å². The molecule has 1 aromatic carbocycles. The molecule has 0 saturated heterocycles. The molecule has 0 aliphatic rings. The van der Waals surface area contributed by atoms with E-state index in [4.69, 9.17) is 4.99 Å². The van der Waals surface area contributed by atoms with Crippen molar-refractivity contribution >= 4 is 16.9 Å². The number of rotatable bonds is 8. The fourth-order valence-electron chi connectivity index (χ4n) is 3.89. The van der Waals surface area contributed by atoms with Crippen LogP contribution in [0.2, 0.25) is 0 Å². The molecule has 6 nitrogen and oxygen atoms in total. The molecule has 29 heavy (non-hydrogen) atoms. The molecule has 0 aliphatic carbocycles. The minimum atomic E-state index is 0.655. The van der Waals surface area contributed by atoms with E-state index in [-0.39, 0.29) is 0 Å². The van der Waals surface area contributed by atoms with Crippen LogP contribution in [0.3, 0.4) is 0 Å². The summed E-state index contributed by atoms with van der Waals surface area (Å²) >= 11 is 0. The maximum Gasteiger partial charge on any atom is 0.191 e. The number of aryl methyl sites for hydroxylation is 3. The number of hydrogen-bond donors (Lipinski definition) is 3. The van der Waals surface area contributed by atoms with Crippen molar-refractivity contribution in [1.29, 1.82) is 0 Å². The van der Waals surface area contributed by atoms with Gasteiger partial charge in [-0.25, -0.2) is 4.99 Å². The van der Waals surface area contributed by atoms with E-state index in [1.807, 2.05) is 11.7 Å². The van der Waals surface area contributed by atoms with Crippen molar-refractivity contribution in [2.24, 2.45) is 12.0 Å². The largest absolute Gasteiger partial charge is 0.361 e. The molecule has 6 heteroatoms. The minimum Gasteiger partial charge on any atom is -0.361 e. The highest BCUT2D eigenvalue weighted by Gasteiger charge is 2.13. The molecular weight excluding hydrogens is 360 g/mol. The lowest BCUT2D eigenvalue weighted by atomic mass is 10.1. The third-order valence-electron chi connectivity index (χ3n) is 5.38. The highest BCUT2D eigenvalue weighted by atomic mass is 15.3. The Kier molecular flexibility index (Phi) is 6.96. The molecule has 156 valence electrons. The Morgan fingerprint density at radius 3 is 2.72 bits per heavy atom. The normalized spacial score (nSPS) is 12.0. The van der Waals surface area contributed by atoms with E-state index < -0.39 is 0 Å². The molecule has 3 N–H and O–H groups in total. The predicted octanol–water partition coefficient (Wildman–Crippen LogP) is 3.63. The maximum absolute atomic E-state index is 4.84. The molecule has 0 atom stereocenters. The second-order valence-corrected chi connectivity index (χ2v) is 7.44. The van der Waals surface area contributed by atoms with Gasteiger partial charge in [-0.2, -0.15) is 5.10 Å². The number of nitrogens with zero attached hydrogens (tertiary/aromatic N) is 3. The van der Waals surface area contributed by atoms with Crippen LogP contribution in [0, 0.1) is 6.92 Å². The fourth-order valence-corrected chi connectivity index (χ4v) is 3.89. The third-order valence-corrected chi connectivity index (χ3v) is 5.38. The lowest BCUT2D eigenvalue weighted by Crippen LogP contribution is -2.38.